The highest BCUT2D eigenvalue weighted by atomic mass is 16.5. The van der Waals surface area contributed by atoms with Crippen LogP contribution < -0.4 is 10.1 Å². The molecule has 20 heavy (non-hydrogen) atoms. The molecule has 1 aromatic rings. The molecular weight excluding hydrogens is 254 g/mol. The van der Waals surface area contributed by atoms with E-state index in [-0.39, 0.29) is 5.92 Å². The van der Waals surface area contributed by atoms with Crippen LogP contribution in [-0.2, 0) is 4.74 Å². The zero-order chi connectivity index (χ0) is 15.0. The van der Waals surface area contributed by atoms with E-state index in [9.17, 15) is 0 Å². The summed E-state index contributed by atoms with van der Waals surface area (Å²) < 4.78 is 11.0. The van der Waals surface area contributed by atoms with Crippen molar-refractivity contribution in [3.63, 3.8) is 0 Å². The van der Waals surface area contributed by atoms with E-state index in [0.29, 0.717) is 25.7 Å². The molecule has 0 bridgehead atoms. The van der Waals surface area contributed by atoms with Crippen molar-refractivity contribution in [2.45, 2.75) is 47.0 Å². The highest BCUT2D eigenvalue weighted by Gasteiger charge is 2.13. The third kappa shape index (κ3) is 4.96. The summed E-state index contributed by atoms with van der Waals surface area (Å²) in [5, 5.41) is 3.34. The van der Waals surface area contributed by atoms with Crippen molar-refractivity contribution in [1.82, 2.24) is 9.97 Å². The highest BCUT2D eigenvalue weighted by molar-refractivity contribution is 5.48. The molecule has 1 heterocycles. The third-order valence-corrected chi connectivity index (χ3v) is 2.85. The first kappa shape index (κ1) is 16.7. The lowest BCUT2D eigenvalue weighted by molar-refractivity contribution is 0.108. The largest absolute Gasteiger partial charge is 0.475 e. The molecule has 0 aromatic carbocycles. The van der Waals surface area contributed by atoms with Gasteiger partial charge in [-0.3, -0.25) is 0 Å². The number of anilines is 1. The Balaban J connectivity index is 2.86. The molecule has 1 rings (SSSR count). The predicted molar refractivity (Wildman–Crippen MR) is 81.6 cm³/mol. The van der Waals surface area contributed by atoms with Gasteiger partial charge in [0.1, 0.15) is 18.2 Å². The summed E-state index contributed by atoms with van der Waals surface area (Å²) in [6, 6.07) is 0. The van der Waals surface area contributed by atoms with Crippen LogP contribution >= 0.6 is 0 Å². The molecule has 1 aromatic heterocycles. The van der Waals surface area contributed by atoms with Crippen LogP contribution in [0, 0.1) is 6.92 Å². The standard InChI is InChI=1S/C15H27N3O2/c1-6-8-16-14-12(5)15(20-10-9-19-7-2)18-13(17-14)11(3)4/h11H,6-10H2,1-5H3,(H,16,17,18). The van der Waals surface area contributed by atoms with Gasteiger partial charge in [-0.05, 0) is 20.3 Å². The Hall–Kier alpha value is -1.36. The lowest BCUT2D eigenvalue weighted by Crippen LogP contribution is -2.13. The molecule has 0 aliphatic heterocycles. The van der Waals surface area contributed by atoms with Crippen LogP contribution in [0.3, 0.4) is 0 Å². The fourth-order valence-corrected chi connectivity index (χ4v) is 1.67. The van der Waals surface area contributed by atoms with Crippen LogP contribution in [0.4, 0.5) is 5.82 Å². The van der Waals surface area contributed by atoms with Crippen molar-refractivity contribution in [3.8, 4) is 5.88 Å². The van der Waals surface area contributed by atoms with Crippen molar-refractivity contribution in [2.75, 3.05) is 31.7 Å². The molecular formula is C15H27N3O2. The molecule has 0 aliphatic carbocycles. The van der Waals surface area contributed by atoms with E-state index in [2.05, 4.69) is 36.1 Å². The Labute approximate surface area is 122 Å². The van der Waals surface area contributed by atoms with Gasteiger partial charge in [0.25, 0.3) is 0 Å². The Kier molecular flexibility index (Phi) is 7.30. The van der Waals surface area contributed by atoms with Crippen LogP contribution in [0.2, 0.25) is 0 Å². The van der Waals surface area contributed by atoms with Gasteiger partial charge in [-0.2, -0.15) is 4.98 Å². The molecule has 0 amide bonds. The second-order valence-electron chi connectivity index (χ2n) is 4.99. The molecule has 1 N–H and O–H groups in total. The average Bonchev–Trinajstić information content (AvgIpc) is 2.43. The summed E-state index contributed by atoms with van der Waals surface area (Å²) in [5.41, 5.74) is 0.958. The number of hydrogen-bond donors (Lipinski definition) is 1. The fraction of sp³-hybridized carbons (Fsp3) is 0.733. The molecule has 5 nitrogen and oxygen atoms in total. The van der Waals surface area contributed by atoms with E-state index in [1.54, 1.807) is 0 Å². The lowest BCUT2D eigenvalue weighted by Gasteiger charge is -2.15. The third-order valence-electron chi connectivity index (χ3n) is 2.85. The highest BCUT2D eigenvalue weighted by Crippen LogP contribution is 2.24. The van der Waals surface area contributed by atoms with Crippen molar-refractivity contribution in [1.29, 1.82) is 0 Å². The molecule has 0 fully saturated rings. The molecule has 0 saturated carbocycles. The summed E-state index contributed by atoms with van der Waals surface area (Å²) >= 11 is 0. The SMILES string of the molecule is CCCNc1nc(C(C)C)nc(OCCOCC)c1C. The number of ether oxygens (including phenoxy) is 2. The zero-order valence-electron chi connectivity index (χ0n) is 13.3. The smallest absolute Gasteiger partial charge is 0.221 e. The molecule has 0 aliphatic rings. The maximum atomic E-state index is 5.73. The second-order valence-corrected chi connectivity index (χ2v) is 4.99. The summed E-state index contributed by atoms with van der Waals surface area (Å²) in [4.78, 5) is 9.09. The van der Waals surface area contributed by atoms with Crippen LogP contribution in [0.25, 0.3) is 0 Å². The number of nitrogens with zero attached hydrogens (tertiary/aromatic N) is 2. The maximum Gasteiger partial charge on any atom is 0.221 e. The van der Waals surface area contributed by atoms with E-state index in [0.717, 1.165) is 30.2 Å². The van der Waals surface area contributed by atoms with Crippen LogP contribution in [-0.4, -0.2) is 36.3 Å². The second kappa shape index (κ2) is 8.74. The first-order valence-electron chi connectivity index (χ1n) is 7.43. The maximum absolute atomic E-state index is 5.73. The van der Waals surface area contributed by atoms with Crippen molar-refractivity contribution in [3.05, 3.63) is 11.4 Å². The molecule has 0 saturated heterocycles. The van der Waals surface area contributed by atoms with E-state index < -0.39 is 0 Å². The molecule has 0 unspecified atom stereocenters. The normalized spacial score (nSPS) is 10.9. The molecule has 114 valence electrons. The van der Waals surface area contributed by atoms with Crippen molar-refractivity contribution in [2.24, 2.45) is 0 Å². The van der Waals surface area contributed by atoms with Gasteiger partial charge in [0.05, 0.1) is 12.2 Å². The molecule has 0 atom stereocenters. The molecule has 0 spiro atoms. The summed E-state index contributed by atoms with van der Waals surface area (Å²) in [5.74, 6) is 2.60. The van der Waals surface area contributed by atoms with E-state index >= 15 is 0 Å². The van der Waals surface area contributed by atoms with Gasteiger partial charge in [-0.25, -0.2) is 4.98 Å². The Morgan fingerprint density at radius 3 is 2.50 bits per heavy atom. The minimum absolute atomic E-state index is 0.270. The van der Waals surface area contributed by atoms with Crippen LogP contribution in [0.1, 0.15) is 51.4 Å². The average molecular weight is 281 g/mol. The van der Waals surface area contributed by atoms with Gasteiger partial charge in [-0.1, -0.05) is 20.8 Å². The minimum atomic E-state index is 0.270. The van der Waals surface area contributed by atoms with Crippen molar-refractivity contribution < 1.29 is 9.47 Å². The number of hydrogen-bond acceptors (Lipinski definition) is 5. The summed E-state index contributed by atoms with van der Waals surface area (Å²) in [6.07, 6.45) is 1.06. The topological polar surface area (TPSA) is 56.3 Å². The predicted octanol–water partition coefficient (Wildman–Crippen LogP) is 3.15. The lowest BCUT2D eigenvalue weighted by atomic mass is 10.2. The quantitative estimate of drug-likeness (QED) is 0.705. The monoisotopic (exact) mass is 281 g/mol. The summed E-state index contributed by atoms with van der Waals surface area (Å²) in [7, 11) is 0. The van der Waals surface area contributed by atoms with Crippen molar-refractivity contribution >= 4 is 5.82 Å². The Bertz CT molecular complexity index is 408. The van der Waals surface area contributed by atoms with Gasteiger partial charge in [0.2, 0.25) is 5.88 Å². The zero-order valence-corrected chi connectivity index (χ0v) is 13.3. The van der Waals surface area contributed by atoms with E-state index in [4.69, 9.17) is 9.47 Å². The van der Waals surface area contributed by atoms with Gasteiger partial charge < -0.3 is 14.8 Å². The molecule has 5 heteroatoms. The van der Waals surface area contributed by atoms with E-state index in [1.165, 1.54) is 0 Å². The Morgan fingerprint density at radius 2 is 1.90 bits per heavy atom. The number of nitrogens with one attached hydrogen (secondary N) is 1. The minimum Gasteiger partial charge on any atom is -0.475 e. The van der Waals surface area contributed by atoms with Crippen LogP contribution in [0.15, 0.2) is 0 Å². The van der Waals surface area contributed by atoms with E-state index in [1.807, 2.05) is 13.8 Å². The number of rotatable bonds is 9. The number of aromatic nitrogens is 2. The van der Waals surface area contributed by atoms with Gasteiger partial charge in [-0.15, -0.1) is 0 Å². The summed E-state index contributed by atoms with van der Waals surface area (Å²) in [6.45, 7) is 12.9. The first-order chi connectivity index (χ1) is 9.60. The van der Waals surface area contributed by atoms with Gasteiger partial charge >= 0.3 is 0 Å². The Morgan fingerprint density at radius 1 is 1.15 bits per heavy atom. The van der Waals surface area contributed by atoms with Crippen LogP contribution in [0.5, 0.6) is 5.88 Å². The molecule has 0 radical (unpaired) electrons. The van der Waals surface area contributed by atoms with Gasteiger partial charge in [0.15, 0.2) is 0 Å². The first-order valence-corrected chi connectivity index (χ1v) is 7.43. The fourth-order valence-electron chi connectivity index (χ4n) is 1.67. The van der Waals surface area contributed by atoms with Gasteiger partial charge in [0, 0.05) is 19.1 Å².